The molecule has 0 aromatic carbocycles. The predicted octanol–water partition coefficient (Wildman–Crippen LogP) is 2.05. The van der Waals surface area contributed by atoms with Crippen LogP contribution in [0.3, 0.4) is 0 Å². The predicted molar refractivity (Wildman–Crippen MR) is 50.9 cm³/mol. The average Bonchev–Trinajstić information content (AvgIpc) is 1.93. The van der Waals surface area contributed by atoms with E-state index in [1.165, 1.54) is 5.57 Å². The first-order chi connectivity index (χ1) is 5.49. The SMILES string of the molecule is CC(C)=CB1OCC(C)(C)CO1. The van der Waals surface area contributed by atoms with Gasteiger partial charge in [-0.1, -0.05) is 25.4 Å². The Morgan fingerprint density at radius 3 is 2.17 bits per heavy atom. The molecule has 0 N–H and O–H groups in total. The molecule has 0 aromatic heterocycles. The molecule has 1 aliphatic rings. The van der Waals surface area contributed by atoms with E-state index in [9.17, 15) is 0 Å². The van der Waals surface area contributed by atoms with E-state index in [0.717, 1.165) is 13.2 Å². The molecule has 0 radical (unpaired) electrons. The molecule has 0 aromatic rings. The Bertz CT molecular complexity index is 173. The van der Waals surface area contributed by atoms with E-state index >= 15 is 0 Å². The van der Waals surface area contributed by atoms with E-state index in [0.29, 0.717) is 0 Å². The number of hydrogen-bond donors (Lipinski definition) is 0. The Kier molecular flexibility index (Phi) is 2.96. The van der Waals surface area contributed by atoms with Gasteiger partial charge in [0.05, 0.1) is 0 Å². The smallest absolute Gasteiger partial charge is 0.407 e. The van der Waals surface area contributed by atoms with Crippen LogP contribution in [-0.2, 0) is 9.31 Å². The van der Waals surface area contributed by atoms with Crippen LogP contribution in [0.4, 0.5) is 0 Å². The first-order valence-electron chi connectivity index (χ1n) is 4.38. The molecule has 1 aliphatic heterocycles. The lowest BCUT2D eigenvalue weighted by atomic mass is 9.82. The molecule has 0 saturated carbocycles. The maximum absolute atomic E-state index is 5.51. The van der Waals surface area contributed by atoms with Crippen molar-refractivity contribution < 1.29 is 9.31 Å². The summed E-state index contributed by atoms with van der Waals surface area (Å²) < 4.78 is 11.0. The molecule has 0 atom stereocenters. The first-order valence-corrected chi connectivity index (χ1v) is 4.38. The molecule has 1 fully saturated rings. The largest absolute Gasteiger partial charge is 0.486 e. The van der Waals surface area contributed by atoms with Gasteiger partial charge in [-0.25, -0.2) is 0 Å². The molecule has 0 bridgehead atoms. The van der Waals surface area contributed by atoms with Gasteiger partial charge in [0, 0.05) is 18.6 Å². The number of allylic oxidation sites excluding steroid dienone is 1. The molecule has 1 rings (SSSR count). The molecule has 1 heterocycles. The third kappa shape index (κ3) is 2.99. The van der Waals surface area contributed by atoms with Crippen LogP contribution in [0.1, 0.15) is 27.7 Å². The maximum atomic E-state index is 5.51. The molecule has 12 heavy (non-hydrogen) atoms. The molecule has 68 valence electrons. The van der Waals surface area contributed by atoms with Crippen molar-refractivity contribution in [3.63, 3.8) is 0 Å². The number of hydrogen-bond acceptors (Lipinski definition) is 2. The quantitative estimate of drug-likeness (QED) is 0.558. The first kappa shape index (κ1) is 9.81. The fourth-order valence-corrected chi connectivity index (χ4v) is 1.07. The normalized spacial score (nSPS) is 22.2. The molecular weight excluding hydrogens is 151 g/mol. The molecule has 0 aliphatic carbocycles. The summed E-state index contributed by atoms with van der Waals surface area (Å²) in [5, 5.41) is 0. The van der Waals surface area contributed by atoms with Gasteiger partial charge < -0.3 is 9.31 Å². The van der Waals surface area contributed by atoms with E-state index in [4.69, 9.17) is 9.31 Å². The summed E-state index contributed by atoms with van der Waals surface area (Å²) in [5.74, 6) is 2.01. The monoisotopic (exact) mass is 168 g/mol. The van der Waals surface area contributed by atoms with Gasteiger partial charge in [-0.05, 0) is 13.8 Å². The van der Waals surface area contributed by atoms with Gasteiger partial charge in [-0.3, -0.25) is 0 Å². The highest BCUT2D eigenvalue weighted by Gasteiger charge is 2.30. The topological polar surface area (TPSA) is 18.5 Å². The Morgan fingerprint density at radius 1 is 1.25 bits per heavy atom. The Hall–Kier alpha value is -0.275. The molecule has 0 unspecified atom stereocenters. The standard InChI is InChI=1S/C9H17BO2/c1-8(2)5-10-11-6-9(3,4)7-12-10/h5H,6-7H2,1-4H3. The van der Waals surface area contributed by atoms with Crippen molar-refractivity contribution in [1.29, 1.82) is 0 Å². The zero-order valence-corrected chi connectivity index (χ0v) is 8.39. The van der Waals surface area contributed by atoms with Crippen molar-refractivity contribution >= 4 is 7.12 Å². The summed E-state index contributed by atoms with van der Waals surface area (Å²) in [6.45, 7) is 9.94. The minimum absolute atomic E-state index is 0.122. The lowest BCUT2D eigenvalue weighted by Crippen LogP contribution is -2.39. The minimum Gasteiger partial charge on any atom is -0.407 e. The van der Waals surface area contributed by atoms with Crippen molar-refractivity contribution in [1.82, 2.24) is 0 Å². The van der Waals surface area contributed by atoms with E-state index in [2.05, 4.69) is 13.8 Å². The summed E-state index contributed by atoms with van der Waals surface area (Å²) in [5.41, 5.74) is 1.41. The third-order valence-corrected chi connectivity index (χ3v) is 1.75. The zero-order chi connectivity index (χ0) is 9.19. The fraction of sp³-hybridized carbons (Fsp3) is 0.778. The van der Waals surface area contributed by atoms with E-state index in [1.807, 2.05) is 19.8 Å². The summed E-state index contributed by atoms with van der Waals surface area (Å²) >= 11 is 0. The highest BCUT2D eigenvalue weighted by molar-refractivity contribution is 6.51. The van der Waals surface area contributed by atoms with Gasteiger partial charge in [0.25, 0.3) is 0 Å². The van der Waals surface area contributed by atoms with Crippen LogP contribution in [0, 0.1) is 5.41 Å². The van der Waals surface area contributed by atoms with Crippen molar-refractivity contribution in [3.05, 3.63) is 11.5 Å². The van der Waals surface area contributed by atoms with Crippen molar-refractivity contribution in [2.24, 2.45) is 5.41 Å². The second kappa shape index (κ2) is 3.63. The Labute approximate surface area is 75.1 Å². The van der Waals surface area contributed by atoms with Crippen molar-refractivity contribution in [2.75, 3.05) is 13.2 Å². The van der Waals surface area contributed by atoms with Gasteiger partial charge in [0.15, 0.2) is 0 Å². The number of rotatable bonds is 1. The summed E-state index contributed by atoms with van der Waals surface area (Å²) in [7, 11) is -0.122. The average molecular weight is 168 g/mol. The van der Waals surface area contributed by atoms with Crippen LogP contribution < -0.4 is 0 Å². The van der Waals surface area contributed by atoms with Crippen molar-refractivity contribution in [3.8, 4) is 0 Å². The van der Waals surface area contributed by atoms with Crippen LogP contribution in [0.15, 0.2) is 11.5 Å². The molecule has 0 spiro atoms. The summed E-state index contributed by atoms with van der Waals surface area (Å²) in [6.07, 6.45) is 0. The van der Waals surface area contributed by atoms with Crippen LogP contribution in [-0.4, -0.2) is 20.3 Å². The highest BCUT2D eigenvalue weighted by atomic mass is 16.6. The molecule has 2 nitrogen and oxygen atoms in total. The summed E-state index contributed by atoms with van der Waals surface area (Å²) in [6, 6.07) is 0. The van der Waals surface area contributed by atoms with Crippen LogP contribution in [0.2, 0.25) is 0 Å². The lowest BCUT2D eigenvalue weighted by molar-refractivity contribution is 0.0335. The van der Waals surface area contributed by atoms with Crippen LogP contribution >= 0.6 is 0 Å². The second-order valence-electron chi connectivity index (χ2n) is 4.40. The van der Waals surface area contributed by atoms with Gasteiger partial charge in [0.2, 0.25) is 0 Å². The molecule has 1 saturated heterocycles. The Balaban J connectivity index is 2.42. The molecular formula is C9H17BO2. The maximum Gasteiger partial charge on any atom is 0.486 e. The van der Waals surface area contributed by atoms with Gasteiger partial charge >= 0.3 is 7.12 Å². The van der Waals surface area contributed by atoms with Gasteiger partial charge in [-0.15, -0.1) is 0 Å². The third-order valence-electron chi connectivity index (χ3n) is 1.75. The minimum atomic E-state index is -0.122. The van der Waals surface area contributed by atoms with Gasteiger partial charge in [-0.2, -0.15) is 0 Å². The molecule has 3 heteroatoms. The second-order valence-corrected chi connectivity index (χ2v) is 4.40. The van der Waals surface area contributed by atoms with E-state index in [-0.39, 0.29) is 12.5 Å². The van der Waals surface area contributed by atoms with E-state index in [1.54, 1.807) is 0 Å². The van der Waals surface area contributed by atoms with Crippen LogP contribution in [0.5, 0.6) is 0 Å². The highest BCUT2D eigenvalue weighted by Crippen LogP contribution is 2.21. The van der Waals surface area contributed by atoms with Crippen LogP contribution in [0.25, 0.3) is 0 Å². The fourth-order valence-electron chi connectivity index (χ4n) is 1.07. The molecule has 0 amide bonds. The van der Waals surface area contributed by atoms with Gasteiger partial charge in [0.1, 0.15) is 0 Å². The zero-order valence-electron chi connectivity index (χ0n) is 8.39. The lowest BCUT2D eigenvalue weighted by Gasteiger charge is -2.32. The van der Waals surface area contributed by atoms with Crippen molar-refractivity contribution in [2.45, 2.75) is 27.7 Å². The summed E-state index contributed by atoms with van der Waals surface area (Å²) in [4.78, 5) is 0. The Morgan fingerprint density at radius 2 is 1.75 bits per heavy atom. The van der Waals surface area contributed by atoms with E-state index < -0.39 is 0 Å².